The van der Waals surface area contributed by atoms with Gasteiger partial charge in [0.05, 0.1) is 30.3 Å². The number of ether oxygens (including phenoxy) is 1. The number of hydrogen-bond donors (Lipinski definition) is 2. The van der Waals surface area contributed by atoms with Crippen LogP contribution < -0.4 is 15.9 Å². The van der Waals surface area contributed by atoms with Crippen molar-refractivity contribution in [3.8, 4) is 22.9 Å². The number of pyridine rings is 2. The molecular formula is C19H21N5NiO4+2. The Morgan fingerprint density at radius 2 is 1.66 bits per heavy atom. The summed E-state index contributed by atoms with van der Waals surface area (Å²) < 4.78 is 4.95. The van der Waals surface area contributed by atoms with E-state index < -0.39 is 6.03 Å². The van der Waals surface area contributed by atoms with Gasteiger partial charge in [-0.2, -0.15) is 5.10 Å². The summed E-state index contributed by atoms with van der Waals surface area (Å²) in [5, 5.41) is 11.2. The maximum atomic E-state index is 10.3. The van der Waals surface area contributed by atoms with Crippen molar-refractivity contribution in [2.75, 3.05) is 7.11 Å². The van der Waals surface area contributed by atoms with Crippen molar-refractivity contribution in [1.82, 2.24) is 15.4 Å². The first-order valence-electron chi connectivity index (χ1n) is 7.91. The second-order valence-corrected chi connectivity index (χ2v) is 5.09. The summed E-state index contributed by atoms with van der Waals surface area (Å²) in [7, 11) is 1.48. The second kappa shape index (κ2) is 13.6. The zero-order chi connectivity index (χ0) is 19.5. The van der Waals surface area contributed by atoms with Crippen LogP contribution in [0.5, 0.6) is 11.5 Å². The Morgan fingerprint density at radius 1 is 1.07 bits per heavy atom. The van der Waals surface area contributed by atoms with Crippen molar-refractivity contribution in [3.63, 3.8) is 0 Å². The number of para-hydroxylation sites is 1. The van der Waals surface area contributed by atoms with Gasteiger partial charge in [-0.3, -0.25) is 9.97 Å². The summed E-state index contributed by atoms with van der Waals surface area (Å²) in [6.07, 6.45) is 4.86. The maximum Gasteiger partial charge on any atom is 2.00 e. The SMILES string of the molecule is COc1cccc(C=NNC(N)=O)c1[OH2+].[Ni+2].[OH-].c1ccc(-c2ccccn2)nc1. The van der Waals surface area contributed by atoms with E-state index in [-0.39, 0.29) is 27.7 Å². The van der Waals surface area contributed by atoms with Crippen LogP contribution >= 0.6 is 0 Å². The Kier molecular flexibility index (Phi) is 12.0. The number of amides is 2. The fourth-order valence-corrected chi connectivity index (χ4v) is 2.02. The molecule has 9 nitrogen and oxygen atoms in total. The Hall–Kier alpha value is -3.49. The van der Waals surface area contributed by atoms with E-state index >= 15 is 0 Å². The van der Waals surface area contributed by atoms with Crippen molar-refractivity contribution < 1.29 is 36.6 Å². The number of nitrogens with zero attached hydrogens (tertiary/aromatic N) is 3. The number of nitrogens with two attached hydrogens (primary N) is 1. The van der Waals surface area contributed by atoms with Crippen LogP contribution in [-0.2, 0) is 16.5 Å². The van der Waals surface area contributed by atoms with Gasteiger partial charge in [-0.15, -0.1) is 0 Å². The number of hydrogen-bond acceptors (Lipinski definition) is 6. The van der Waals surface area contributed by atoms with E-state index in [0.29, 0.717) is 11.3 Å². The predicted molar refractivity (Wildman–Crippen MR) is 106 cm³/mol. The number of hydrazone groups is 1. The van der Waals surface area contributed by atoms with Crippen molar-refractivity contribution in [2.24, 2.45) is 10.8 Å². The van der Waals surface area contributed by atoms with Crippen LogP contribution in [0.15, 0.2) is 72.1 Å². The standard InChI is InChI=1S/C10H8N2.C9H11N3O3.Ni.H2O/c1-3-7-11-9(5-1)10-6-2-4-8-12-10;1-15-7-4-2-3-6(8(7)13)5-11-12-9(10)14;;/h1-8H;2-5,13H,1H3,(H3,10,12,14);;1H2/q;;+2;. The molecule has 0 saturated carbocycles. The molecular weight excluding hydrogens is 421 g/mol. The summed E-state index contributed by atoms with van der Waals surface area (Å²) >= 11 is 0. The molecule has 0 aliphatic carbocycles. The van der Waals surface area contributed by atoms with Gasteiger partial charge >= 0.3 is 28.3 Å². The van der Waals surface area contributed by atoms with Crippen molar-refractivity contribution in [2.45, 2.75) is 0 Å². The van der Waals surface area contributed by atoms with Gasteiger partial charge in [0.25, 0.3) is 0 Å². The van der Waals surface area contributed by atoms with Crippen LogP contribution in [0.1, 0.15) is 5.56 Å². The minimum Gasteiger partial charge on any atom is -0.870 e. The number of rotatable bonds is 4. The molecule has 10 heteroatoms. The first kappa shape index (κ1) is 25.5. The van der Waals surface area contributed by atoms with Crippen molar-refractivity contribution >= 4 is 12.2 Å². The molecule has 2 aromatic heterocycles. The van der Waals surface area contributed by atoms with Gasteiger partial charge in [-0.25, -0.2) is 10.2 Å². The number of benzene rings is 1. The summed E-state index contributed by atoms with van der Waals surface area (Å²) in [5.74, 6) is 0.646. The molecule has 6 N–H and O–H groups in total. The minimum atomic E-state index is -0.749. The normalized spacial score (nSPS) is 9.28. The van der Waals surface area contributed by atoms with E-state index in [4.69, 9.17) is 15.6 Å². The number of carbonyl (C=O) groups excluding carboxylic acids is 1. The van der Waals surface area contributed by atoms with Crippen LogP contribution in [0.2, 0.25) is 0 Å². The first-order valence-corrected chi connectivity index (χ1v) is 7.91. The van der Waals surface area contributed by atoms with Gasteiger partial charge < -0.3 is 21.1 Å². The van der Waals surface area contributed by atoms with Gasteiger partial charge in [-0.1, -0.05) is 18.2 Å². The maximum absolute atomic E-state index is 10.3. The summed E-state index contributed by atoms with van der Waals surface area (Å²) in [6.45, 7) is 0. The zero-order valence-corrected chi connectivity index (χ0v) is 16.4. The van der Waals surface area contributed by atoms with Crippen LogP contribution in [0, 0.1) is 0 Å². The van der Waals surface area contributed by atoms with Crippen LogP contribution in [0.25, 0.3) is 11.4 Å². The average molecular weight is 442 g/mol. The number of carbonyl (C=O) groups is 1. The molecule has 29 heavy (non-hydrogen) atoms. The van der Waals surface area contributed by atoms with Gasteiger partial charge in [0.15, 0.2) is 0 Å². The van der Waals surface area contributed by atoms with E-state index in [2.05, 4.69) is 15.1 Å². The van der Waals surface area contributed by atoms with Gasteiger partial charge in [0, 0.05) is 12.4 Å². The molecule has 0 bridgehead atoms. The molecule has 2 heterocycles. The van der Waals surface area contributed by atoms with Crippen molar-refractivity contribution in [3.05, 3.63) is 72.6 Å². The molecule has 3 rings (SSSR count). The number of urea groups is 1. The Morgan fingerprint density at radius 3 is 2.10 bits per heavy atom. The molecule has 3 aromatic rings. The molecule has 0 aliphatic rings. The molecule has 0 unspecified atom stereocenters. The molecule has 2 amide bonds. The topological polar surface area (TPSA) is 155 Å². The van der Waals surface area contributed by atoms with Gasteiger partial charge in [0.1, 0.15) is 0 Å². The third-order valence-corrected chi connectivity index (χ3v) is 3.25. The molecule has 0 spiro atoms. The molecule has 0 saturated heterocycles. The number of nitrogens with one attached hydrogen (secondary N) is 1. The Balaban J connectivity index is 0.000000514. The summed E-state index contributed by atoms with van der Waals surface area (Å²) in [4.78, 5) is 18.7. The number of aromatic nitrogens is 2. The monoisotopic (exact) mass is 441 g/mol. The first-order chi connectivity index (χ1) is 13.1. The molecule has 1 aromatic carbocycles. The largest absolute Gasteiger partial charge is 2.00 e. The molecule has 154 valence electrons. The fourth-order valence-electron chi connectivity index (χ4n) is 2.02. The van der Waals surface area contributed by atoms with Gasteiger partial charge in [-0.05, 0) is 36.4 Å². The molecule has 0 aliphatic heterocycles. The smallest absolute Gasteiger partial charge is 0.870 e. The number of primary amides is 1. The van der Waals surface area contributed by atoms with E-state index in [1.54, 1.807) is 30.6 Å². The Labute approximate surface area is 177 Å². The van der Waals surface area contributed by atoms with Gasteiger partial charge in [0.2, 0.25) is 5.75 Å². The third-order valence-electron chi connectivity index (χ3n) is 3.25. The molecule has 0 atom stereocenters. The average Bonchev–Trinajstić information content (AvgIpc) is 2.71. The van der Waals surface area contributed by atoms with E-state index in [1.807, 2.05) is 41.8 Å². The summed E-state index contributed by atoms with van der Waals surface area (Å²) in [5.41, 5.74) is 9.22. The second-order valence-electron chi connectivity index (χ2n) is 5.09. The zero-order valence-electron chi connectivity index (χ0n) is 15.4. The van der Waals surface area contributed by atoms with E-state index in [9.17, 15) is 4.79 Å². The third kappa shape index (κ3) is 8.38. The predicted octanol–water partition coefficient (Wildman–Crippen LogP) is 2.10. The summed E-state index contributed by atoms with van der Waals surface area (Å²) in [6, 6.07) is 15.9. The van der Waals surface area contributed by atoms with Crippen LogP contribution in [-0.4, -0.2) is 39.9 Å². The fraction of sp³-hybridized carbons (Fsp3) is 0.0526. The molecule has 0 fully saturated rings. The molecule has 0 radical (unpaired) electrons. The van der Waals surface area contributed by atoms with Crippen molar-refractivity contribution in [1.29, 1.82) is 0 Å². The van der Waals surface area contributed by atoms with E-state index in [1.165, 1.54) is 13.3 Å². The Bertz CT molecular complexity index is 858. The van der Waals surface area contributed by atoms with Crippen LogP contribution in [0.4, 0.5) is 4.79 Å². The number of methoxy groups -OCH3 is 1. The van der Waals surface area contributed by atoms with Crippen LogP contribution in [0.3, 0.4) is 0 Å². The quantitative estimate of drug-likeness (QED) is 0.274. The van der Waals surface area contributed by atoms with E-state index in [0.717, 1.165) is 11.4 Å². The minimum absolute atomic E-state index is 0.